The third-order valence-corrected chi connectivity index (χ3v) is 4.94. The van der Waals surface area contributed by atoms with Crippen molar-refractivity contribution >= 4 is 26.8 Å². The quantitative estimate of drug-likeness (QED) is 0.661. The second kappa shape index (κ2) is 5.42. The molecule has 4 nitrogen and oxygen atoms in total. The van der Waals surface area contributed by atoms with Gasteiger partial charge < -0.3 is 14.2 Å². The van der Waals surface area contributed by atoms with Gasteiger partial charge in [0.15, 0.2) is 0 Å². The Morgan fingerprint density at radius 1 is 1.04 bits per heavy atom. The smallest absolute Gasteiger partial charge is 0.132 e. The lowest BCUT2D eigenvalue weighted by Crippen LogP contribution is -2.08. The van der Waals surface area contributed by atoms with E-state index in [0.717, 1.165) is 49.4 Å². The van der Waals surface area contributed by atoms with Crippen molar-refractivity contribution in [3.63, 3.8) is 0 Å². The molecular formula is C18H14BrNO3. The maximum Gasteiger partial charge on any atom is 0.132 e. The van der Waals surface area contributed by atoms with Gasteiger partial charge in [-0.2, -0.15) is 0 Å². The molecule has 0 radical (unpaired) electrons. The van der Waals surface area contributed by atoms with Gasteiger partial charge in [-0.15, -0.1) is 0 Å². The molecule has 0 aliphatic carbocycles. The summed E-state index contributed by atoms with van der Waals surface area (Å²) in [6.45, 7) is 0.468. The highest BCUT2D eigenvalue weighted by Crippen LogP contribution is 2.43. The third kappa shape index (κ3) is 2.23. The summed E-state index contributed by atoms with van der Waals surface area (Å²) in [6, 6.07) is 11.7. The van der Waals surface area contributed by atoms with E-state index in [1.54, 1.807) is 14.2 Å². The van der Waals surface area contributed by atoms with Gasteiger partial charge in [-0.3, -0.25) is 0 Å². The molecule has 1 aliphatic heterocycles. The average molecular weight is 372 g/mol. The van der Waals surface area contributed by atoms with Gasteiger partial charge in [0.1, 0.15) is 23.9 Å². The molecule has 0 saturated heterocycles. The van der Waals surface area contributed by atoms with Crippen molar-refractivity contribution in [2.24, 2.45) is 0 Å². The molecule has 0 unspecified atom stereocenters. The molecule has 0 amide bonds. The molecule has 2 aromatic carbocycles. The zero-order valence-corrected chi connectivity index (χ0v) is 14.3. The molecule has 0 spiro atoms. The van der Waals surface area contributed by atoms with Crippen LogP contribution < -0.4 is 14.2 Å². The van der Waals surface area contributed by atoms with Crippen molar-refractivity contribution in [3.05, 3.63) is 46.4 Å². The van der Waals surface area contributed by atoms with E-state index in [1.807, 2.05) is 36.4 Å². The number of aromatic nitrogens is 1. The van der Waals surface area contributed by atoms with E-state index in [2.05, 4.69) is 15.9 Å². The van der Waals surface area contributed by atoms with E-state index in [9.17, 15) is 0 Å². The van der Waals surface area contributed by atoms with Crippen LogP contribution in [0, 0.1) is 0 Å². The minimum Gasteiger partial charge on any atom is -0.497 e. The first-order valence-corrected chi connectivity index (χ1v) is 7.98. The highest BCUT2D eigenvalue weighted by molar-refractivity contribution is 9.10. The Morgan fingerprint density at radius 3 is 2.57 bits per heavy atom. The van der Waals surface area contributed by atoms with Crippen molar-refractivity contribution in [2.45, 2.75) is 6.61 Å². The summed E-state index contributed by atoms with van der Waals surface area (Å²) in [5.41, 5.74) is 3.88. The fourth-order valence-electron chi connectivity index (χ4n) is 2.82. The summed E-state index contributed by atoms with van der Waals surface area (Å²) in [4.78, 5) is 4.84. The summed E-state index contributed by atoms with van der Waals surface area (Å²) in [5, 5.41) is 1.02. The number of pyridine rings is 1. The summed E-state index contributed by atoms with van der Waals surface area (Å²) >= 11 is 3.71. The number of methoxy groups -OCH3 is 2. The Hall–Kier alpha value is -2.27. The van der Waals surface area contributed by atoms with Crippen LogP contribution in [0.15, 0.2) is 40.9 Å². The van der Waals surface area contributed by atoms with Crippen molar-refractivity contribution in [3.8, 4) is 28.5 Å². The zero-order chi connectivity index (χ0) is 16.0. The molecule has 0 atom stereocenters. The van der Waals surface area contributed by atoms with Gasteiger partial charge in [-0.25, -0.2) is 4.98 Å². The number of ether oxygens (including phenoxy) is 3. The van der Waals surface area contributed by atoms with Gasteiger partial charge in [-0.05, 0) is 46.3 Å². The minimum atomic E-state index is 0.468. The van der Waals surface area contributed by atoms with E-state index >= 15 is 0 Å². The van der Waals surface area contributed by atoms with Crippen molar-refractivity contribution in [1.82, 2.24) is 4.98 Å². The Morgan fingerprint density at radius 2 is 1.78 bits per heavy atom. The predicted molar refractivity (Wildman–Crippen MR) is 92.3 cm³/mol. The van der Waals surface area contributed by atoms with Crippen molar-refractivity contribution in [1.29, 1.82) is 0 Å². The number of rotatable bonds is 2. The molecule has 5 heteroatoms. The van der Waals surface area contributed by atoms with Crippen molar-refractivity contribution < 1.29 is 14.2 Å². The van der Waals surface area contributed by atoms with E-state index in [-0.39, 0.29) is 0 Å². The van der Waals surface area contributed by atoms with Crippen LogP contribution in [-0.4, -0.2) is 19.2 Å². The van der Waals surface area contributed by atoms with Gasteiger partial charge in [0.2, 0.25) is 0 Å². The summed E-state index contributed by atoms with van der Waals surface area (Å²) in [7, 11) is 3.31. The molecular weight excluding hydrogens is 358 g/mol. The number of nitrogens with zero attached hydrogens (tertiary/aromatic N) is 1. The molecule has 0 saturated carbocycles. The second-order valence-electron chi connectivity index (χ2n) is 5.29. The highest BCUT2D eigenvalue weighted by Gasteiger charge is 2.23. The van der Waals surface area contributed by atoms with Crippen LogP contribution >= 0.6 is 15.9 Å². The number of halogens is 1. The standard InChI is InChI=1S/C18H14BrNO3/c1-21-10-4-6-15-13(7-10)17(19)14-9-23-16-8-11(22-2)3-5-12(16)18(14)20-15/h3-8H,9H2,1-2H3. The third-order valence-electron chi connectivity index (χ3n) is 4.04. The molecule has 0 bridgehead atoms. The molecule has 4 rings (SSSR count). The topological polar surface area (TPSA) is 40.6 Å². The Labute approximate surface area is 142 Å². The maximum atomic E-state index is 5.90. The Balaban J connectivity index is 1.97. The van der Waals surface area contributed by atoms with Crippen LogP contribution in [0.25, 0.3) is 22.2 Å². The van der Waals surface area contributed by atoms with Crippen LogP contribution in [0.2, 0.25) is 0 Å². The van der Waals surface area contributed by atoms with Gasteiger partial charge >= 0.3 is 0 Å². The normalized spacial score (nSPS) is 12.3. The largest absolute Gasteiger partial charge is 0.497 e. The van der Waals surface area contributed by atoms with Gasteiger partial charge in [0, 0.05) is 27.1 Å². The molecule has 2 heterocycles. The molecule has 0 fully saturated rings. The fourth-order valence-corrected chi connectivity index (χ4v) is 3.44. The Bertz CT molecular complexity index is 924. The first kappa shape index (κ1) is 14.3. The van der Waals surface area contributed by atoms with Crippen LogP contribution in [0.4, 0.5) is 0 Å². The molecule has 0 N–H and O–H groups in total. The predicted octanol–water partition coefficient (Wildman–Crippen LogP) is 4.57. The summed E-state index contributed by atoms with van der Waals surface area (Å²) < 4.78 is 17.5. The average Bonchev–Trinajstić information content (AvgIpc) is 2.61. The molecule has 3 aromatic rings. The molecule has 116 valence electrons. The van der Waals surface area contributed by atoms with E-state index in [4.69, 9.17) is 19.2 Å². The molecule has 1 aromatic heterocycles. The lowest BCUT2D eigenvalue weighted by molar-refractivity contribution is 0.298. The van der Waals surface area contributed by atoms with E-state index in [0.29, 0.717) is 6.61 Å². The molecule has 23 heavy (non-hydrogen) atoms. The van der Waals surface area contributed by atoms with Gasteiger partial charge in [0.25, 0.3) is 0 Å². The van der Waals surface area contributed by atoms with Crippen molar-refractivity contribution in [2.75, 3.05) is 14.2 Å². The second-order valence-corrected chi connectivity index (χ2v) is 6.08. The minimum absolute atomic E-state index is 0.468. The summed E-state index contributed by atoms with van der Waals surface area (Å²) in [6.07, 6.45) is 0. The SMILES string of the molecule is COc1ccc2c(c1)OCc1c-2nc2ccc(OC)cc2c1Br. The first-order valence-electron chi connectivity index (χ1n) is 7.18. The molecule has 1 aliphatic rings. The fraction of sp³-hybridized carbons (Fsp3) is 0.167. The number of fused-ring (bicyclic) bond motifs is 4. The lowest BCUT2D eigenvalue weighted by atomic mass is 10.0. The van der Waals surface area contributed by atoms with Crippen LogP contribution in [-0.2, 0) is 6.61 Å². The van der Waals surface area contributed by atoms with Gasteiger partial charge in [0.05, 0.1) is 25.4 Å². The first-order chi connectivity index (χ1) is 11.2. The zero-order valence-electron chi connectivity index (χ0n) is 12.7. The maximum absolute atomic E-state index is 5.90. The monoisotopic (exact) mass is 371 g/mol. The number of hydrogen-bond acceptors (Lipinski definition) is 4. The number of benzene rings is 2. The van der Waals surface area contributed by atoms with E-state index < -0.39 is 0 Å². The van der Waals surface area contributed by atoms with Crippen LogP contribution in [0.1, 0.15) is 5.56 Å². The van der Waals surface area contributed by atoms with Crippen LogP contribution in [0.5, 0.6) is 17.2 Å². The van der Waals surface area contributed by atoms with E-state index in [1.165, 1.54) is 0 Å². The number of hydrogen-bond donors (Lipinski definition) is 0. The lowest BCUT2D eigenvalue weighted by Gasteiger charge is -2.22. The highest BCUT2D eigenvalue weighted by atomic mass is 79.9. The van der Waals surface area contributed by atoms with Gasteiger partial charge in [-0.1, -0.05) is 0 Å². The summed E-state index contributed by atoms with van der Waals surface area (Å²) in [5.74, 6) is 2.38. The van der Waals surface area contributed by atoms with Crippen LogP contribution in [0.3, 0.4) is 0 Å². The Kier molecular flexibility index (Phi) is 3.38.